The smallest absolute Gasteiger partial charge is 0.303 e. The number of nitrogens with zero attached hydrogens (tertiary/aromatic N) is 1. The third kappa shape index (κ3) is 2.53. The van der Waals surface area contributed by atoms with Gasteiger partial charge in [-0.15, -0.1) is 0 Å². The van der Waals surface area contributed by atoms with Crippen LogP contribution in [0.4, 0.5) is 5.69 Å². The second-order valence-electron chi connectivity index (χ2n) is 5.37. The van der Waals surface area contributed by atoms with Gasteiger partial charge in [0, 0.05) is 22.2 Å². The fourth-order valence-corrected chi connectivity index (χ4v) is 3.20. The largest absolute Gasteiger partial charge is 0.481 e. The summed E-state index contributed by atoms with van der Waals surface area (Å²) in [7, 11) is 0. The van der Waals surface area contributed by atoms with Crippen molar-refractivity contribution in [2.45, 2.75) is 32.2 Å². The topological polar surface area (TPSA) is 40.5 Å². The van der Waals surface area contributed by atoms with Gasteiger partial charge in [-0.25, -0.2) is 0 Å². The molecule has 1 heterocycles. The molecule has 18 heavy (non-hydrogen) atoms. The molecule has 0 radical (unpaired) electrons. The van der Waals surface area contributed by atoms with Crippen molar-refractivity contribution in [2.75, 3.05) is 11.4 Å². The van der Waals surface area contributed by atoms with E-state index >= 15 is 0 Å². The molecule has 3 nitrogen and oxygen atoms in total. The lowest BCUT2D eigenvalue weighted by molar-refractivity contribution is -0.138. The molecule has 1 aliphatic heterocycles. The Morgan fingerprint density at radius 1 is 1.56 bits per heavy atom. The maximum Gasteiger partial charge on any atom is 0.303 e. The lowest BCUT2D eigenvalue weighted by Gasteiger charge is -2.37. The quantitative estimate of drug-likeness (QED) is 0.928. The van der Waals surface area contributed by atoms with Gasteiger partial charge in [0.25, 0.3) is 0 Å². The summed E-state index contributed by atoms with van der Waals surface area (Å²) in [4.78, 5) is 13.2. The van der Waals surface area contributed by atoms with E-state index in [0.29, 0.717) is 0 Å². The van der Waals surface area contributed by atoms with E-state index in [-0.39, 0.29) is 17.9 Å². The Labute approximate surface area is 116 Å². The predicted octanol–water partition coefficient (Wildman–Crippen LogP) is 3.53. The van der Waals surface area contributed by atoms with Crippen molar-refractivity contribution in [1.29, 1.82) is 0 Å². The van der Waals surface area contributed by atoms with Gasteiger partial charge in [-0.05, 0) is 44.4 Å². The van der Waals surface area contributed by atoms with E-state index in [0.717, 1.165) is 23.1 Å². The molecule has 0 spiro atoms. The predicted molar refractivity (Wildman–Crippen MR) is 75.9 cm³/mol. The summed E-state index contributed by atoms with van der Waals surface area (Å²) in [5.41, 5.74) is 1.04. The average molecular weight is 312 g/mol. The SMILES string of the molecule is CC1(C)C(CC(=O)O)CCN1c1cccc(Br)c1. The van der Waals surface area contributed by atoms with E-state index in [1.165, 1.54) is 0 Å². The Hall–Kier alpha value is -1.03. The summed E-state index contributed by atoms with van der Waals surface area (Å²) < 4.78 is 1.05. The molecular formula is C14H18BrNO2. The highest BCUT2D eigenvalue weighted by Gasteiger charge is 2.42. The lowest BCUT2D eigenvalue weighted by atomic mass is 9.85. The van der Waals surface area contributed by atoms with E-state index in [1.807, 2.05) is 12.1 Å². The first-order valence-corrected chi connectivity index (χ1v) is 6.95. The van der Waals surface area contributed by atoms with Gasteiger partial charge in [0.05, 0.1) is 6.42 Å². The number of carboxylic acids is 1. The van der Waals surface area contributed by atoms with Gasteiger partial charge in [0.1, 0.15) is 0 Å². The summed E-state index contributed by atoms with van der Waals surface area (Å²) in [6.07, 6.45) is 1.18. The Bertz CT molecular complexity index is 459. The zero-order chi connectivity index (χ0) is 13.3. The van der Waals surface area contributed by atoms with Crippen LogP contribution in [0.2, 0.25) is 0 Å². The lowest BCUT2D eigenvalue weighted by Crippen LogP contribution is -2.43. The molecule has 2 rings (SSSR count). The minimum Gasteiger partial charge on any atom is -0.481 e. The molecule has 1 atom stereocenters. The first-order valence-electron chi connectivity index (χ1n) is 6.16. The van der Waals surface area contributed by atoms with Crippen LogP contribution < -0.4 is 4.90 Å². The molecule has 98 valence electrons. The Morgan fingerprint density at radius 3 is 2.89 bits per heavy atom. The van der Waals surface area contributed by atoms with E-state index in [4.69, 9.17) is 5.11 Å². The van der Waals surface area contributed by atoms with E-state index in [9.17, 15) is 4.79 Å². The first-order chi connectivity index (χ1) is 8.41. The Kier molecular flexibility index (Phi) is 3.66. The average Bonchev–Trinajstić information content (AvgIpc) is 2.54. The first kappa shape index (κ1) is 13.4. The second kappa shape index (κ2) is 4.92. The molecule has 0 bridgehead atoms. The van der Waals surface area contributed by atoms with Crippen molar-refractivity contribution >= 4 is 27.6 Å². The van der Waals surface area contributed by atoms with Crippen molar-refractivity contribution in [3.8, 4) is 0 Å². The Morgan fingerprint density at radius 2 is 2.28 bits per heavy atom. The summed E-state index contributed by atoms with van der Waals surface area (Å²) >= 11 is 3.48. The standard InChI is InChI=1S/C14H18BrNO2/c1-14(2)10(8-13(17)18)6-7-16(14)12-5-3-4-11(15)9-12/h3-5,9-10H,6-8H2,1-2H3,(H,17,18). The molecule has 0 saturated carbocycles. The minimum absolute atomic E-state index is 0.112. The molecule has 0 aliphatic carbocycles. The van der Waals surface area contributed by atoms with Gasteiger partial charge < -0.3 is 10.0 Å². The van der Waals surface area contributed by atoms with Crippen LogP contribution in [0.3, 0.4) is 0 Å². The van der Waals surface area contributed by atoms with Crippen LogP contribution in [0, 0.1) is 5.92 Å². The Balaban J connectivity index is 2.23. The van der Waals surface area contributed by atoms with Gasteiger partial charge in [-0.3, -0.25) is 4.79 Å². The maximum absolute atomic E-state index is 10.9. The van der Waals surface area contributed by atoms with Gasteiger partial charge in [0.15, 0.2) is 0 Å². The molecular weight excluding hydrogens is 294 g/mol. The van der Waals surface area contributed by atoms with Gasteiger partial charge in [-0.1, -0.05) is 22.0 Å². The van der Waals surface area contributed by atoms with Gasteiger partial charge in [-0.2, -0.15) is 0 Å². The summed E-state index contributed by atoms with van der Waals surface area (Å²) in [6, 6.07) is 8.18. The van der Waals surface area contributed by atoms with Crippen molar-refractivity contribution in [3.63, 3.8) is 0 Å². The molecule has 1 aliphatic rings. The molecule has 4 heteroatoms. The van der Waals surface area contributed by atoms with Gasteiger partial charge >= 0.3 is 5.97 Å². The van der Waals surface area contributed by atoms with Crippen molar-refractivity contribution < 1.29 is 9.90 Å². The number of benzene rings is 1. The number of anilines is 1. The second-order valence-corrected chi connectivity index (χ2v) is 6.28. The van der Waals surface area contributed by atoms with Gasteiger partial charge in [0.2, 0.25) is 0 Å². The highest BCUT2D eigenvalue weighted by Crippen LogP contribution is 2.40. The fourth-order valence-electron chi connectivity index (χ4n) is 2.82. The molecule has 0 amide bonds. The van der Waals surface area contributed by atoms with E-state index in [2.05, 4.69) is 46.8 Å². The summed E-state index contributed by atoms with van der Waals surface area (Å²) in [5.74, 6) is -0.502. The van der Waals surface area contributed by atoms with Crippen molar-refractivity contribution in [3.05, 3.63) is 28.7 Å². The fraction of sp³-hybridized carbons (Fsp3) is 0.500. The van der Waals surface area contributed by atoms with E-state index < -0.39 is 5.97 Å². The summed E-state index contributed by atoms with van der Waals surface area (Å²) in [6.45, 7) is 5.18. The molecule has 1 saturated heterocycles. The highest BCUT2D eigenvalue weighted by atomic mass is 79.9. The van der Waals surface area contributed by atoms with E-state index in [1.54, 1.807) is 0 Å². The monoisotopic (exact) mass is 311 g/mol. The zero-order valence-corrected chi connectivity index (χ0v) is 12.3. The van der Waals surface area contributed by atoms with Crippen LogP contribution >= 0.6 is 15.9 Å². The molecule has 1 aromatic carbocycles. The number of halogens is 1. The number of carbonyl (C=O) groups is 1. The summed E-state index contributed by atoms with van der Waals surface area (Å²) in [5, 5.41) is 8.98. The molecule has 1 aromatic rings. The maximum atomic E-state index is 10.9. The number of aliphatic carboxylic acids is 1. The molecule has 1 unspecified atom stereocenters. The minimum atomic E-state index is -0.704. The van der Waals surface area contributed by atoms with Crippen molar-refractivity contribution in [1.82, 2.24) is 0 Å². The number of hydrogen-bond donors (Lipinski definition) is 1. The van der Waals surface area contributed by atoms with Crippen molar-refractivity contribution in [2.24, 2.45) is 5.92 Å². The van der Waals surface area contributed by atoms with Crippen LogP contribution in [0.25, 0.3) is 0 Å². The molecule has 1 N–H and O–H groups in total. The van der Waals surface area contributed by atoms with Crippen LogP contribution in [0.1, 0.15) is 26.7 Å². The molecule has 1 fully saturated rings. The third-order valence-electron chi connectivity index (χ3n) is 3.94. The number of carboxylic acid groups (broad SMARTS) is 1. The van der Waals surface area contributed by atoms with Crippen LogP contribution in [-0.4, -0.2) is 23.2 Å². The molecule has 0 aromatic heterocycles. The number of hydrogen-bond acceptors (Lipinski definition) is 2. The zero-order valence-electron chi connectivity index (χ0n) is 10.7. The highest BCUT2D eigenvalue weighted by molar-refractivity contribution is 9.10. The number of rotatable bonds is 3. The third-order valence-corrected chi connectivity index (χ3v) is 4.43. The normalized spacial score (nSPS) is 22.2. The van der Waals surface area contributed by atoms with Crippen LogP contribution in [-0.2, 0) is 4.79 Å². The van der Waals surface area contributed by atoms with Crippen LogP contribution in [0.15, 0.2) is 28.7 Å². The van der Waals surface area contributed by atoms with Crippen LogP contribution in [0.5, 0.6) is 0 Å².